The molecule has 0 bridgehead atoms. The topological polar surface area (TPSA) is 144 Å². The van der Waals surface area contributed by atoms with Crippen LogP contribution in [0.3, 0.4) is 0 Å². The van der Waals surface area contributed by atoms with E-state index in [1.54, 1.807) is 26.0 Å². The molecule has 0 saturated carbocycles. The van der Waals surface area contributed by atoms with E-state index in [1.807, 2.05) is 6.92 Å². The smallest absolute Gasteiger partial charge is 0.340 e. The summed E-state index contributed by atoms with van der Waals surface area (Å²) in [5.74, 6) is -1.96. The normalized spacial score (nSPS) is 12.7. The van der Waals surface area contributed by atoms with Gasteiger partial charge in [0.1, 0.15) is 6.04 Å². The number of carboxylic acid groups (broad SMARTS) is 1. The summed E-state index contributed by atoms with van der Waals surface area (Å²) < 4.78 is 15.9. The molecule has 2 amide bonds. The average molecular weight is 448 g/mol. The maximum atomic E-state index is 12.5. The predicted molar refractivity (Wildman–Crippen MR) is 116 cm³/mol. The Morgan fingerprint density at radius 2 is 1.84 bits per heavy atom. The highest BCUT2D eigenvalue weighted by molar-refractivity contribution is 5.91. The summed E-state index contributed by atoms with van der Waals surface area (Å²) in [6.45, 7) is 4.80. The molecule has 10 nitrogen and oxygen atoms in total. The lowest BCUT2D eigenvalue weighted by Gasteiger charge is -2.20. The summed E-state index contributed by atoms with van der Waals surface area (Å²) in [5, 5.41) is 14.6. The molecule has 2 unspecified atom stereocenters. The number of benzene rings is 1. The number of aliphatic carboxylic acids is 1. The molecule has 2 aromatic rings. The van der Waals surface area contributed by atoms with Crippen LogP contribution >= 0.6 is 0 Å². The fourth-order valence-corrected chi connectivity index (χ4v) is 3.28. The maximum Gasteiger partial charge on any atom is 0.340 e. The molecule has 0 saturated heterocycles. The van der Waals surface area contributed by atoms with Crippen LogP contribution < -0.4 is 25.7 Å². The quantitative estimate of drug-likeness (QED) is 0.463. The number of nitrogens with one attached hydrogen (secondary N) is 2. The van der Waals surface area contributed by atoms with Crippen molar-refractivity contribution in [2.75, 3.05) is 20.8 Å². The van der Waals surface area contributed by atoms with E-state index in [0.717, 1.165) is 0 Å². The fraction of sp³-hybridized carbons (Fsp3) is 0.455. The van der Waals surface area contributed by atoms with Crippen molar-refractivity contribution in [2.24, 2.45) is 5.92 Å². The van der Waals surface area contributed by atoms with E-state index in [4.69, 9.17) is 13.9 Å². The van der Waals surface area contributed by atoms with Gasteiger partial charge in [0.2, 0.25) is 17.6 Å². The Morgan fingerprint density at radius 1 is 1.16 bits per heavy atom. The van der Waals surface area contributed by atoms with Crippen molar-refractivity contribution in [3.8, 4) is 11.5 Å². The average Bonchev–Trinajstić information content (AvgIpc) is 2.77. The number of rotatable bonds is 10. The van der Waals surface area contributed by atoms with Gasteiger partial charge in [-0.05, 0) is 30.5 Å². The van der Waals surface area contributed by atoms with Crippen molar-refractivity contribution < 1.29 is 33.4 Å². The van der Waals surface area contributed by atoms with E-state index in [1.165, 1.54) is 14.2 Å². The summed E-state index contributed by atoms with van der Waals surface area (Å²) in [6.07, 6.45) is 0.261. The number of aryl methyl sites for hydroxylation is 1. The van der Waals surface area contributed by atoms with Gasteiger partial charge in [-0.2, -0.15) is 0 Å². The Kier molecular flexibility index (Phi) is 8.22. The number of ether oxygens (including phenoxy) is 2. The molecule has 2 rings (SSSR count). The third-order valence-corrected chi connectivity index (χ3v) is 5.38. The van der Waals surface area contributed by atoms with Crippen LogP contribution in [0.5, 0.6) is 11.5 Å². The van der Waals surface area contributed by atoms with Crippen LogP contribution in [-0.2, 0) is 20.8 Å². The van der Waals surface area contributed by atoms with Gasteiger partial charge < -0.3 is 29.6 Å². The van der Waals surface area contributed by atoms with Crippen LogP contribution in [0.15, 0.2) is 21.3 Å². The molecule has 1 aromatic heterocycles. The summed E-state index contributed by atoms with van der Waals surface area (Å²) in [6, 6.07) is 2.31. The van der Waals surface area contributed by atoms with Gasteiger partial charge in [-0.1, -0.05) is 20.3 Å². The monoisotopic (exact) mass is 448 g/mol. The number of fused-ring (bicyclic) bond motifs is 1. The van der Waals surface area contributed by atoms with Crippen molar-refractivity contribution in [2.45, 2.75) is 39.7 Å². The molecule has 0 aliphatic rings. The minimum atomic E-state index is -1.14. The lowest BCUT2D eigenvalue weighted by atomic mass is 9.99. The van der Waals surface area contributed by atoms with Crippen LogP contribution in [0.2, 0.25) is 0 Å². The minimum absolute atomic E-state index is 0.144. The number of hydrogen-bond acceptors (Lipinski definition) is 7. The first-order chi connectivity index (χ1) is 15.1. The zero-order valence-corrected chi connectivity index (χ0v) is 18.7. The van der Waals surface area contributed by atoms with Gasteiger partial charge in [-0.3, -0.25) is 9.59 Å². The summed E-state index contributed by atoms with van der Waals surface area (Å²) in [7, 11) is 2.89. The highest BCUT2D eigenvalue weighted by Crippen LogP contribution is 2.36. The molecule has 174 valence electrons. The van der Waals surface area contributed by atoms with E-state index < -0.39 is 36.0 Å². The van der Waals surface area contributed by atoms with Crippen molar-refractivity contribution in [1.82, 2.24) is 10.6 Å². The standard InChI is InChI=1S/C22H28N2O8/c1-6-11(2)18(21(27)28)24-17(26)10-23-16(25)9-14-12(3)13-7-8-15(30-4)20(31-5)19(13)32-22(14)29/h7-8,11,18H,6,9-10H2,1-5H3,(H,23,25)(H,24,26)(H,27,28). The third-order valence-electron chi connectivity index (χ3n) is 5.38. The Labute approximate surface area is 184 Å². The van der Waals surface area contributed by atoms with Crippen LogP contribution in [0.1, 0.15) is 31.4 Å². The van der Waals surface area contributed by atoms with Gasteiger partial charge in [0.05, 0.1) is 32.7 Å². The van der Waals surface area contributed by atoms with Gasteiger partial charge in [0.15, 0.2) is 11.3 Å². The lowest BCUT2D eigenvalue weighted by Crippen LogP contribution is -2.48. The molecule has 2 atom stereocenters. The van der Waals surface area contributed by atoms with Crippen LogP contribution in [0, 0.1) is 12.8 Å². The molecule has 1 aromatic carbocycles. The van der Waals surface area contributed by atoms with Gasteiger partial charge in [0, 0.05) is 5.39 Å². The van der Waals surface area contributed by atoms with Crippen LogP contribution in [0.25, 0.3) is 11.0 Å². The highest BCUT2D eigenvalue weighted by atomic mass is 16.5. The van der Waals surface area contributed by atoms with E-state index >= 15 is 0 Å². The maximum absolute atomic E-state index is 12.5. The first-order valence-electron chi connectivity index (χ1n) is 10.1. The summed E-state index contributed by atoms with van der Waals surface area (Å²) >= 11 is 0. The second-order valence-electron chi connectivity index (χ2n) is 7.39. The van der Waals surface area contributed by atoms with Gasteiger partial charge in [-0.25, -0.2) is 9.59 Å². The van der Waals surface area contributed by atoms with Crippen LogP contribution in [-0.4, -0.2) is 49.7 Å². The second kappa shape index (κ2) is 10.7. The fourth-order valence-electron chi connectivity index (χ4n) is 3.28. The highest BCUT2D eigenvalue weighted by Gasteiger charge is 2.25. The first kappa shape index (κ1) is 24.7. The summed E-state index contributed by atoms with van der Waals surface area (Å²) in [4.78, 5) is 48.3. The molecule has 0 fully saturated rings. The second-order valence-corrected chi connectivity index (χ2v) is 7.39. The molecule has 3 N–H and O–H groups in total. The van der Waals surface area contributed by atoms with Crippen molar-refractivity contribution >= 4 is 28.8 Å². The van der Waals surface area contributed by atoms with Crippen molar-refractivity contribution in [1.29, 1.82) is 0 Å². The lowest BCUT2D eigenvalue weighted by molar-refractivity contribution is -0.143. The van der Waals surface area contributed by atoms with Gasteiger partial charge in [-0.15, -0.1) is 0 Å². The minimum Gasteiger partial charge on any atom is -0.493 e. The van der Waals surface area contributed by atoms with E-state index in [-0.39, 0.29) is 29.2 Å². The molecule has 1 heterocycles. The molecule has 0 spiro atoms. The largest absolute Gasteiger partial charge is 0.493 e. The Morgan fingerprint density at radius 3 is 2.41 bits per heavy atom. The molecule has 0 aliphatic heterocycles. The van der Waals surface area contributed by atoms with E-state index in [0.29, 0.717) is 23.1 Å². The molecule has 10 heteroatoms. The number of hydrogen-bond donors (Lipinski definition) is 3. The third kappa shape index (κ3) is 5.37. The number of carbonyl (C=O) groups excluding carboxylic acids is 2. The molecule has 0 aliphatic carbocycles. The van der Waals surface area contributed by atoms with Crippen LogP contribution in [0.4, 0.5) is 0 Å². The number of amides is 2. The van der Waals surface area contributed by atoms with Crippen molar-refractivity contribution in [3.05, 3.63) is 33.7 Å². The number of carbonyl (C=O) groups is 3. The molecular weight excluding hydrogens is 420 g/mol. The Hall–Kier alpha value is -3.56. The zero-order valence-electron chi connectivity index (χ0n) is 18.7. The Bertz CT molecular complexity index is 1080. The number of methoxy groups -OCH3 is 2. The zero-order chi connectivity index (χ0) is 24.0. The first-order valence-corrected chi connectivity index (χ1v) is 10.1. The predicted octanol–water partition coefficient (Wildman–Crippen LogP) is 1.39. The van der Waals surface area contributed by atoms with E-state index in [9.17, 15) is 24.3 Å². The SMILES string of the molecule is CCC(C)C(NC(=O)CNC(=O)Cc1c(C)c2ccc(OC)c(OC)c2oc1=O)C(=O)O. The molecular formula is C22H28N2O8. The van der Waals surface area contributed by atoms with Gasteiger partial charge in [0.25, 0.3) is 0 Å². The van der Waals surface area contributed by atoms with Gasteiger partial charge >= 0.3 is 11.6 Å². The van der Waals surface area contributed by atoms with E-state index in [2.05, 4.69) is 10.6 Å². The molecule has 32 heavy (non-hydrogen) atoms. The Balaban J connectivity index is 2.15. The summed E-state index contributed by atoms with van der Waals surface area (Å²) in [5.41, 5.74) is 0.191. The molecule has 0 radical (unpaired) electrons. The number of carboxylic acids is 1. The van der Waals surface area contributed by atoms with Crippen molar-refractivity contribution in [3.63, 3.8) is 0 Å².